The van der Waals surface area contributed by atoms with Crippen molar-refractivity contribution in [3.8, 4) is 24.2 Å². The summed E-state index contributed by atoms with van der Waals surface area (Å²) in [5.41, 5.74) is 8.40. The van der Waals surface area contributed by atoms with Crippen LogP contribution in [0.5, 0.6) is 12.0 Å². The van der Waals surface area contributed by atoms with Crippen molar-refractivity contribution in [3.05, 3.63) is 130 Å². The summed E-state index contributed by atoms with van der Waals surface area (Å²) in [4.78, 5) is 63.3. The molecule has 2 amide bonds. The Kier molecular flexibility index (Phi) is 16.5. The quantitative estimate of drug-likeness (QED) is 0.0893. The number of hydrogen-bond acceptors (Lipinski definition) is 16. The molecule has 6 aromatic rings. The van der Waals surface area contributed by atoms with Crippen molar-refractivity contribution < 1.29 is 23.5 Å². The monoisotopic (exact) mass is 1170 g/mol. The van der Waals surface area contributed by atoms with Crippen LogP contribution in [0.3, 0.4) is 0 Å². The largest absolute Gasteiger partial charge is 0.462 e. The number of anilines is 4. The molecule has 85 heavy (non-hydrogen) atoms. The third-order valence-corrected chi connectivity index (χ3v) is 18.9. The lowest BCUT2D eigenvalue weighted by Gasteiger charge is -2.42. The summed E-state index contributed by atoms with van der Waals surface area (Å²) in [7, 11) is 4.26. The van der Waals surface area contributed by atoms with Gasteiger partial charge in [0.05, 0.1) is 66.6 Å². The van der Waals surface area contributed by atoms with Gasteiger partial charge in [-0.15, -0.1) is 0 Å². The van der Waals surface area contributed by atoms with Crippen molar-refractivity contribution in [2.45, 2.75) is 95.0 Å². The van der Waals surface area contributed by atoms with Crippen molar-refractivity contribution in [2.75, 3.05) is 112 Å². The predicted molar refractivity (Wildman–Crippen MR) is 328 cm³/mol. The second kappa shape index (κ2) is 24.5. The van der Waals surface area contributed by atoms with Crippen molar-refractivity contribution in [1.82, 2.24) is 39.5 Å². The zero-order valence-electron chi connectivity index (χ0n) is 48.7. The van der Waals surface area contributed by atoms with E-state index in [2.05, 4.69) is 130 Å². The molecule has 0 N–H and O–H groups in total. The molecule has 6 aliphatic heterocycles. The minimum atomic E-state index is -1.04. The van der Waals surface area contributed by atoms with E-state index in [4.69, 9.17) is 41.0 Å². The SMILES string of the molecule is C=CC(=O)N1CCN(c2nc(OC[C@@H]3CC(c4ccc(N5CCc6c(nc(OC[C@@H]7CCCN7C)nc6N6CCN(C(=O)C(=C)F)[C@@H](CC#N)C6)C5)c5c(Cl)cccc45)CN3C)nc3c2CCN(c2cccc4cccc(C)c24)C3)C[C@@H]1CC#N. The third-order valence-electron chi connectivity index (χ3n) is 18.6. The highest BCUT2D eigenvalue weighted by Gasteiger charge is 2.38. The van der Waals surface area contributed by atoms with Gasteiger partial charge >= 0.3 is 12.0 Å². The summed E-state index contributed by atoms with van der Waals surface area (Å²) in [6.45, 7) is 16.6. The van der Waals surface area contributed by atoms with Crippen molar-refractivity contribution in [2.24, 2.45) is 0 Å². The highest BCUT2D eigenvalue weighted by atomic mass is 35.5. The number of carbonyl (C=O) groups is 2. The van der Waals surface area contributed by atoms with Gasteiger partial charge in [0.1, 0.15) is 24.8 Å². The lowest BCUT2D eigenvalue weighted by molar-refractivity contribution is -0.131. The first kappa shape index (κ1) is 57.3. The molecular formula is C65H72ClFN14O4. The molecule has 0 aliphatic carbocycles. The van der Waals surface area contributed by atoms with E-state index in [0.29, 0.717) is 83.0 Å². The number of fused-ring (bicyclic) bond motifs is 4. The molecule has 0 saturated carbocycles. The second-order valence-corrected chi connectivity index (χ2v) is 24.0. The first-order valence-electron chi connectivity index (χ1n) is 29.8. The number of carbonyl (C=O) groups excluding carboxylic acids is 2. The first-order chi connectivity index (χ1) is 41.3. The molecule has 0 spiro atoms. The number of ether oxygens (including phenoxy) is 2. The second-order valence-electron chi connectivity index (χ2n) is 23.6. The van der Waals surface area contributed by atoms with Gasteiger partial charge in [0, 0.05) is 104 Å². The van der Waals surface area contributed by atoms with Gasteiger partial charge in [-0.25, -0.2) is 4.39 Å². The number of rotatable bonds is 15. The lowest BCUT2D eigenvalue weighted by atomic mass is 9.90. The van der Waals surface area contributed by atoms with Gasteiger partial charge in [-0.05, 0) is 112 Å². The zero-order valence-corrected chi connectivity index (χ0v) is 49.5. The van der Waals surface area contributed by atoms with Gasteiger partial charge in [-0.2, -0.15) is 30.5 Å². The van der Waals surface area contributed by atoms with Gasteiger partial charge in [-0.3, -0.25) is 14.5 Å². The summed E-state index contributed by atoms with van der Waals surface area (Å²) in [5, 5.41) is 24.8. The zero-order chi connectivity index (χ0) is 59.0. The van der Waals surface area contributed by atoms with Gasteiger partial charge < -0.3 is 43.8 Å². The van der Waals surface area contributed by atoms with Gasteiger partial charge in [-0.1, -0.05) is 73.3 Å². The van der Waals surface area contributed by atoms with Gasteiger partial charge in [0.25, 0.3) is 5.91 Å². The van der Waals surface area contributed by atoms with E-state index >= 15 is 0 Å². The number of nitriles is 2. The molecule has 12 rings (SSSR count). The van der Waals surface area contributed by atoms with Crippen LogP contribution >= 0.6 is 11.6 Å². The number of aromatic nitrogens is 4. The van der Waals surface area contributed by atoms with Crippen LogP contribution in [-0.4, -0.2) is 168 Å². The molecule has 6 aliphatic rings. The molecule has 2 aromatic heterocycles. The van der Waals surface area contributed by atoms with Crippen LogP contribution in [0.1, 0.15) is 71.7 Å². The Balaban J connectivity index is 0.802. The van der Waals surface area contributed by atoms with Crippen molar-refractivity contribution in [1.29, 1.82) is 10.5 Å². The first-order valence-corrected chi connectivity index (χ1v) is 30.1. The topological polar surface area (TPSA) is 178 Å². The Hall–Kier alpha value is -8.10. The van der Waals surface area contributed by atoms with E-state index in [0.717, 1.165) is 95.9 Å². The van der Waals surface area contributed by atoms with Crippen LogP contribution in [0, 0.1) is 29.6 Å². The number of benzene rings is 4. The number of likely N-dealkylation sites (N-methyl/N-ethyl adjacent to an activating group) is 2. The fourth-order valence-electron chi connectivity index (χ4n) is 14.1. The van der Waals surface area contributed by atoms with E-state index in [9.17, 15) is 24.5 Å². The van der Waals surface area contributed by atoms with Crippen LogP contribution in [0.4, 0.5) is 27.4 Å². The molecule has 18 nitrogen and oxygen atoms in total. The molecule has 8 heterocycles. The minimum Gasteiger partial charge on any atom is -0.462 e. The Morgan fingerprint density at radius 2 is 1.29 bits per heavy atom. The van der Waals surface area contributed by atoms with Crippen LogP contribution in [-0.2, 0) is 35.5 Å². The molecule has 0 radical (unpaired) electrons. The number of piperazine rings is 2. The molecule has 4 saturated heterocycles. The molecular weight excluding hydrogens is 1100 g/mol. The standard InChI is InChI=1S/C65H72ClFN14O4/c1-6-58(82)80-31-29-78(35-45(80)20-24-68)61-51-22-27-76(56-17-8-13-43-12-7-11-41(2)59(43)56)37-54(51)71-65(73-61)85-40-48-33-44(34-75(48)5)49-18-19-57(60-50(49)15-9-16-53(60)66)77-28-23-52-55(38-77)70-64(84-39-47-14-10-26-74(47)4)72-62(52)79-30-32-81(63(83)42(3)67)46(36-79)21-25-69/h6-9,11-13,15-19,44-48H,1,3,10,14,20-23,26-40H2,2,4-5H3/t44?,45-,46-,47-,48-/m0/s1. The van der Waals surface area contributed by atoms with Gasteiger partial charge in [0.2, 0.25) is 5.91 Å². The molecule has 5 atom stereocenters. The molecule has 4 aromatic carbocycles. The Morgan fingerprint density at radius 3 is 1.91 bits per heavy atom. The van der Waals surface area contributed by atoms with Crippen LogP contribution < -0.4 is 29.1 Å². The molecule has 20 heteroatoms. The van der Waals surface area contributed by atoms with E-state index < -0.39 is 17.8 Å². The third kappa shape index (κ3) is 11.4. The normalized spacial score (nSPS) is 21.8. The fourth-order valence-corrected chi connectivity index (χ4v) is 14.4. The maximum Gasteiger partial charge on any atom is 0.318 e. The Labute approximate surface area is 501 Å². The van der Waals surface area contributed by atoms with E-state index in [-0.39, 0.29) is 55.3 Å². The summed E-state index contributed by atoms with van der Waals surface area (Å²) >= 11 is 7.29. The molecule has 440 valence electrons. The molecule has 0 bridgehead atoms. The maximum atomic E-state index is 14.2. The number of hydrogen-bond donors (Lipinski definition) is 0. The smallest absolute Gasteiger partial charge is 0.318 e. The number of nitrogens with zero attached hydrogens (tertiary/aromatic N) is 14. The Bertz CT molecular complexity index is 3680. The Morgan fingerprint density at radius 1 is 0.694 bits per heavy atom. The number of amides is 2. The highest BCUT2D eigenvalue weighted by Crippen LogP contribution is 2.44. The van der Waals surface area contributed by atoms with E-state index in [1.807, 2.05) is 12.1 Å². The van der Waals surface area contributed by atoms with Crippen molar-refractivity contribution >= 4 is 68.0 Å². The lowest BCUT2D eigenvalue weighted by Crippen LogP contribution is -2.55. The average molecular weight is 1170 g/mol. The van der Waals surface area contributed by atoms with Crippen LogP contribution in [0.2, 0.25) is 5.02 Å². The van der Waals surface area contributed by atoms with Gasteiger partial charge in [0.15, 0.2) is 5.83 Å². The molecule has 4 fully saturated rings. The van der Waals surface area contributed by atoms with Crippen molar-refractivity contribution in [3.63, 3.8) is 0 Å². The number of likely N-dealkylation sites (tertiary alicyclic amines) is 2. The predicted octanol–water partition coefficient (Wildman–Crippen LogP) is 8.53. The van der Waals surface area contributed by atoms with Crippen LogP contribution in [0.15, 0.2) is 91.8 Å². The van der Waals surface area contributed by atoms with E-state index in [1.54, 1.807) is 4.90 Å². The number of aryl methyl sites for hydroxylation is 1. The fraction of sp³-hybridized carbons (Fsp3) is 0.446. The minimum absolute atomic E-state index is 0.0372. The molecule has 1 unspecified atom stereocenters. The summed E-state index contributed by atoms with van der Waals surface area (Å²) in [6.07, 6.45) is 5.84. The summed E-state index contributed by atoms with van der Waals surface area (Å²) < 4.78 is 27.4. The summed E-state index contributed by atoms with van der Waals surface area (Å²) in [6, 6.07) is 28.0. The summed E-state index contributed by atoms with van der Waals surface area (Å²) in [5.74, 6) is -0.324. The average Bonchev–Trinajstić information content (AvgIpc) is 2.54. The van der Waals surface area contributed by atoms with Crippen LogP contribution in [0.25, 0.3) is 21.5 Å². The van der Waals surface area contributed by atoms with E-state index in [1.165, 1.54) is 38.6 Å². The highest BCUT2D eigenvalue weighted by molar-refractivity contribution is 6.36. The maximum absolute atomic E-state index is 14.2. The number of halogens is 2.